The smallest absolute Gasteiger partial charge is 0.270 e. The number of rotatable bonds is 17. The van der Waals surface area contributed by atoms with Gasteiger partial charge in [-0.3, -0.25) is 138 Å². The largest absolute Gasteiger partial charge is 0.399 e. The van der Waals surface area contributed by atoms with E-state index in [1.165, 1.54) is 97.9 Å². The van der Waals surface area contributed by atoms with Crippen LogP contribution in [0.1, 0.15) is 136 Å². The van der Waals surface area contributed by atoms with Crippen LogP contribution < -0.4 is 70.0 Å². The molecule has 5 aliphatic rings. The van der Waals surface area contributed by atoms with Gasteiger partial charge < -0.3 is 43.4 Å². The van der Waals surface area contributed by atoms with E-state index in [0.29, 0.717) is 36.1 Å². The molecule has 0 spiro atoms. The van der Waals surface area contributed by atoms with E-state index in [9.17, 15) is 111 Å². The standard InChI is InChI=1S/C27H26N6O8.C12H11N3O5.C12H13N3O3.C8H7NO3.C5H8N2O2.C3H2Cl2O2.ClH/c34-20-9-7-18(26(40)32-20)30-24(38)14-3-1-5-16(11-14)28-22(36)13-23(37)29-17-6-2-4-15(12-17)25(39)31-19-8-10-21(35)33-27(19)41;16-10-5-4-9(12(18)14-10)13-11(17)7-2-1-3-8(6-7)15(19)20;13-8-3-1-2-7(6-8)11(17)14-9-4-5-10(16)15-12(9)18;1-6(10)7-3-2-4-8(5-7)9(11)12;6-3-1-2-4(8)7-5(3)9;4-2(6)1-3(5)7;/h1-6,11-12,18-19H,7-10,13H2,(H,28,36)(H,29,37)(H,30,38)(H,31,39)(H,32,34,40)(H,33,35,41);1-3,6,9H,4-5H2,(H,13,17)(H,14,16,18);1-3,6,9H,4-5,13H2,(H,14,17)(H,15,16,18);2-5H,1H3;3H,1-2,6H2,(H,7,8,9);1H2;1H. The topological polar surface area (TPSA) is 595 Å². The summed E-state index contributed by atoms with van der Waals surface area (Å²) in [5.74, 6) is -7.93. The molecular weight excluding hydrogens is 1490 g/mol. The van der Waals surface area contributed by atoms with Crippen LogP contribution in [-0.4, -0.2) is 151 Å². The quantitative estimate of drug-likeness (QED) is 0.0119. The lowest BCUT2D eigenvalue weighted by Gasteiger charge is -2.21. The molecule has 16 amide bonds. The number of nitrogens with two attached hydrogens (primary N) is 2. The van der Waals surface area contributed by atoms with Crippen LogP contribution in [0.3, 0.4) is 0 Å². The molecule has 5 saturated heterocycles. The second-order valence-corrected chi connectivity index (χ2v) is 23.9. The predicted octanol–water partition coefficient (Wildman–Crippen LogP) is 1.53. The Morgan fingerprint density at radius 3 is 0.991 bits per heavy atom. The molecule has 5 unspecified atom stereocenters. The number of anilines is 3. The van der Waals surface area contributed by atoms with Crippen LogP contribution in [-0.2, 0) is 67.1 Å². The van der Waals surface area contributed by atoms with Crippen molar-refractivity contribution in [2.24, 2.45) is 5.73 Å². The monoisotopic (exact) mass is 1560 g/mol. The lowest BCUT2D eigenvalue weighted by Crippen LogP contribution is -2.52. The first-order valence-electron chi connectivity index (χ1n) is 31.7. The van der Waals surface area contributed by atoms with Gasteiger partial charge in [0.15, 0.2) is 5.78 Å². The molecular formula is C67H68Cl3N15O23. The van der Waals surface area contributed by atoms with E-state index in [1.807, 2.05) is 0 Å². The lowest BCUT2D eigenvalue weighted by molar-refractivity contribution is -0.385. The molecule has 570 valence electrons. The van der Waals surface area contributed by atoms with Crippen LogP contribution in [0.2, 0.25) is 0 Å². The van der Waals surface area contributed by atoms with Gasteiger partial charge in [0.25, 0.3) is 35.0 Å². The molecule has 0 bridgehead atoms. The summed E-state index contributed by atoms with van der Waals surface area (Å²) in [7, 11) is 0. The molecule has 0 aromatic heterocycles. The minimum Gasteiger partial charge on any atom is -0.399 e. The van der Waals surface area contributed by atoms with Gasteiger partial charge in [0.2, 0.25) is 81.4 Å². The molecule has 5 aromatic carbocycles. The number of imide groups is 5. The van der Waals surface area contributed by atoms with E-state index in [1.54, 1.807) is 24.3 Å². The number of benzene rings is 5. The molecule has 5 aliphatic heterocycles. The number of nitro benzene ring substituents is 2. The summed E-state index contributed by atoms with van der Waals surface area (Å²) in [6.07, 6.45) is 1.36. The molecule has 5 atom stereocenters. The molecule has 38 nitrogen and oxygen atoms in total. The van der Waals surface area contributed by atoms with Gasteiger partial charge in [-0.05, 0) is 123 Å². The fourth-order valence-electron chi connectivity index (χ4n) is 9.42. The summed E-state index contributed by atoms with van der Waals surface area (Å²) in [5.41, 5.74) is 12.7. The van der Waals surface area contributed by atoms with Crippen LogP contribution in [0.5, 0.6) is 0 Å². The summed E-state index contributed by atoms with van der Waals surface area (Å²) in [5, 5.41) is 45.3. The Hall–Kier alpha value is -12.9. The zero-order valence-electron chi connectivity index (χ0n) is 56.5. The highest BCUT2D eigenvalue weighted by Crippen LogP contribution is 2.19. The summed E-state index contributed by atoms with van der Waals surface area (Å²) in [6, 6.07) is 25.4. The van der Waals surface area contributed by atoms with Crippen LogP contribution in [0.4, 0.5) is 28.4 Å². The molecule has 108 heavy (non-hydrogen) atoms. The molecule has 5 aromatic rings. The molecule has 10 rings (SSSR count). The highest BCUT2D eigenvalue weighted by Gasteiger charge is 2.32. The Kier molecular flexibility index (Phi) is 34.6. The number of halogens is 3. The summed E-state index contributed by atoms with van der Waals surface area (Å²) in [4.78, 5) is 236. The SMILES string of the molecule is CC(=O)c1cccc([N+](=O)[O-])c1.Cl.NC1CCC(=O)NC1=O.Nc1cccc(C(=O)NC2CCC(=O)NC2=O)c1.O=C(Cl)CC(=O)Cl.O=C1CCC(NC(=O)c2cccc(NC(=O)CC(=O)Nc3cccc(C(=O)NC4CCC(=O)NC4=O)c3)c2)C(=O)N1.O=C1CCC(NC(=O)c2cccc([N+](=O)[O-])c2)C(=O)N1. The zero-order chi connectivity index (χ0) is 79.2. The summed E-state index contributed by atoms with van der Waals surface area (Å²) < 4.78 is 0. The van der Waals surface area contributed by atoms with Crippen LogP contribution in [0, 0.1) is 20.2 Å². The minimum atomic E-state index is -0.857. The Bertz CT molecular complexity index is 4260. The number of Topliss-reactive ketones (excluding diaryl/α,β-unsaturated/α-hetero) is 1. The van der Waals surface area contributed by atoms with Gasteiger partial charge in [-0.15, -0.1) is 12.4 Å². The van der Waals surface area contributed by atoms with Gasteiger partial charge in [0, 0.05) is 101 Å². The van der Waals surface area contributed by atoms with Crippen molar-refractivity contribution in [3.8, 4) is 0 Å². The van der Waals surface area contributed by atoms with Crippen LogP contribution in [0.15, 0.2) is 121 Å². The van der Waals surface area contributed by atoms with Gasteiger partial charge in [-0.2, -0.15) is 0 Å². The van der Waals surface area contributed by atoms with Crippen LogP contribution >= 0.6 is 35.6 Å². The van der Waals surface area contributed by atoms with Crippen molar-refractivity contribution in [3.63, 3.8) is 0 Å². The molecule has 41 heteroatoms. The molecule has 0 saturated carbocycles. The summed E-state index contributed by atoms with van der Waals surface area (Å²) in [6.45, 7) is 1.37. The van der Waals surface area contributed by atoms with E-state index in [4.69, 9.17) is 34.7 Å². The Balaban J connectivity index is 0.000000307. The van der Waals surface area contributed by atoms with Gasteiger partial charge in [-0.25, -0.2) is 0 Å². The summed E-state index contributed by atoms with van der Waals surface area (Å²) >= 11 is 9.46. The Labute approximate surface area is 626 Å². The van der Waals surface area contributed by atoms with Gasteiger partial charge in [0.05, 0.1) is 22.3 Å². The Morgan fingerprint density at radius 2 is 0.704 bits per heavy atom. The molecule has 5 fully saturated rings. The highest BCUT2D eigenvalue weighted by atomic mass is 35.5. The van der Waals surface area contributed by atoms with Crippen LogP contribution in [0.25, 0.3) is 0 Å². The molecule has 15 N–H and O–H groups in total. The number of nitrogens with zero attached hydrogens (tertiary/aromatic N) is 2. The second-order valence-electron chi connectivity index (χ2n) is 23.1. The predicted molar refractivity (Wildman–Crippen MR) is 380 cm³/mol. The number of amides is 16. The highest BCUT2D eigenvalue weighted by molar-refractivity contribution is 6.72. The maximum Gasteiger partial charge on any atom is 0.270 e. The first kappa shape index (κ1) is 87.5. The van der Waals surface area contributed by atoms with Gasteiger partial charge in [-0.1, -0.05) is 36.4 Å². The number of non-ortho nitro benzene ring substituents is 2. The van der Waals surface area contributed by atoms with E-state index >= 15 is 0 Å². The van der Waals surface area contributed by atoms with E-state index < -0.39 is 122 Å². The average Bonchev–Trinajstić information content (AvgIpc) is 0.858. The fourth-order valence-corrected chi connectivity index (χ4v) is 9.73. The number of ketones is 1. The first-order chi connectivity index (χ1) is 50.5. The maximum absolute atomic E-state index is 12.6. The van der Waals surface area contributed by atoms with E-state index in [0.717, 1.165) is 6.07 Å². The number of hydrogen-bond donors (Lipinski definition) is 13. The van der Waals surface area contributed by atoms with Crippen molar-refractivity contribution in [1.82, 2.24) is 47.9 Å². The van der Waals surface area contributed by atoms with Crippen molar-refractivity contribution < 1.29 is 101 Å². The number of piperidine rings is 5. The number of hydrogen-bond acceptors (Lipinski definition) is 25. The molecule has 0 aliphatic carbocycles. The fraction of sp³-hybridized carbons (Fsp3) is 0.269. The third-order valence-electron chi connectivity index (χ3n) is 14.8. The number of carbonyl (C=O) groups is 19. The van der Waals surface area contributed by atoms with Gasteiger partial charge in [0.1, 0.15) is 30.6 Å². The minimum absolute atomic E-state index is 0. The third kappa shape index (κ3) is 30.0. The Morgan fingerprint density at radius 1 is 0.417 bits per heavy atom. The van der Waals surface area contributed by atoms with E-state index in [-0.39, 0.29) is 139 Å². The third-order valence-corrected chi connectivity index (χ3v) is 15.1. The van der Waals surface area contributed by atoms with Crippen molar-refractivity contribution in [3.05, 3.63) is 169 Å². The van der Waals surface area contributed by atoms with Crippen molar-refractivity contribution >= 4 is 175 Å². The van der Waals surface area contributed by atoms with Gasteiger partial charge >= 0.3 is 0 Å². The van der Waals surface area contributed by atoms with Crippen molar-refractivity contribution in [2.45, 2.75) is 114 Å². The molecule has 0 radical (unpaired) electrons. The average molecular weight is 1560 g/mol. The normalized spacial score (nSPS) is 17.5. The number of nitrogens with one attached hydrogen (secondary N) is 11. The second kappa shape index (κ2) is 42.7. The molecule has 5 heterocycles. The first-order valence-corrected chi connectivity index (χ1v) is 32.5. The lowest BCUT2D eigenvalue weighted by atomic mass is 10.1. The zero-order valence-corrected chi connectivity index (χ0v) is 58.9. The number of nitro groups is 2. The van der Waals surface area contributed by atoms with Crippen molar-refractivity contribution in [1.29, 1.82) is 0 Å². The number of carbonyl (C=O) groups excluding carboxylic acids is 19. The number of nitrogen functional groups attached to an aromatic ring is 1. The maximum atomic E-state index is 12.6. The van der Waals surface area contributed by atoms with Crippen molar-refractivity contribution in [2.75, 3.05) is 16.4 Å². The van der Waals surface area contributed by atoms with E-state index in [2.05, 4.69) is 58.5 Å².